The largest absolute Gasteiger partial charge is 0.490 e. The summed E-state index contributed by atoms with van der Waals surface area (Å²) in [5, 5.41) is 28.9. The van der Waals surface area contributed by atoms with Crippen LogP contribution >= 0.6 is 31.9 Å². The number of methoxy groups -OCH3 is 1. The minimum Gasteiger partial charge on any atom is -0.490 e. The molecule has 0 aliphatic carbocycles. The van der Waals surface area contributed by atoms with E-state index in [9.17, 15) is 19.5 Å². The first kappa shape index (κ1) is 35.3. The number of carbonyl (C=O) groups excluding carboxylic acids is 2. The van der Waals surface area contributed by atoms with Gasteiger partial charge in [0, 0.05) is 5.70 Å². The number of urea groups is 1. The Labute approximate surface area is 287 Å². The molecule has 0 bridgehead atoms. The van der Waals surface area contributed by atoms with E-state index in [0.717, 1.165) is 5.56 Å². The number of aliphatic hydroxyl groups is 1. The highest BCUT2D eigenvalue weighted by Crippen LogP contribution is 2.36. The maximum absolute atomic E-state index is 12.5. The average molecular weight is 776 g/mol. The number of nitrogens with one attached hydrogen (secondary N) is 3. The second-order valence-corrected chi connectivity index (χ2v) is 11.7. The lowest BCUT2D eigenvalue weighted by Gasteiger charge is -2.28. The van der Waals surface area contributed by atoms with Gasteiger partial charge in [-0.2, -0.15) is 5.10 Å². The Bertz CT molecular complexity index is 1670. The summed E-state index contributed by atoms with van der Waals surface area (Å²) < 4.78 is 23.7. The zero-order valence-corrected chi connectivity index (χ0v) is 28.7. The van der Waals surface area contributed by atoms with Crippen molar-refractivity contribution in [2.24, 2.45) is 5.10 Å². The molecule has 0 radical (unpaired) electrons. The molecule has 0 saturated heterocycles. The number of amides is 2. The predicted octanol–water partition coefficient (Wildman–Crippen LogP) is 5.01. The number of allylic oxidation sites excluding steroid dienone is 1. The monoisotopic (exact) mass is 774 g/mol. The first-order chi connectivity index (χ1) is 22.5. The number of hydrogen-bond donors (Lipinski definition) is 5. The Hall–Kier alpha value is -4.60. The van der Waals surface area contributed by atoms with Crippen LogP contribution in [0.15, 0.2) is 79.9 Å². The Balaban J connectivity index is 1.36. The van der Waals surface area contributed by atoms with Crippen LogP contribution in [0.4, 0.5) is 4.79 Å². The van der Waals surface area contributed by atoms with E-state index in [1.165, 1.54) is 25.5 Å². The lowest BCUT2D eigenvalue weighted by Crippen LogP contribution is -2.45. The molecule has 13 nitrogen and oxygen atoms in total. The quantitative estimate of drug-likeness (QED) is 0.0648. The second-order valence-electron chi connectivity index (χ2n) is 10.0. The molecule has 248 valence electrons. The third-order valence-electron chi connectivity index (χ3n) is 6.71. The summed E-state index contributed by atoms with van der Waals surface area (Å²) in [6.45, 7) is 3.78. The van der Waals surface area contributed by atoms with Crippen LogP contribution in [0.3, 0.4) is 0 Å². The van der Waals surface area contributed by atoms with Crippen molar-refractivity contribution in [1.82, 2.24) is 16.1 Å². The molecule has 0 aromatic heterocycles. The van der Waals surface area contributed by atoms with Crippen molar-refractivity contribution in [2.75, 3.05) is 20.3 Å². The number of nitrogens with zero attached hydrogens (tertiary/aromatic N) is 1. The number of hydrogen-bond acceptors (Lipinski definition) is 10. The Kier molecular flexibility index (Phi) is 12.2. The van der Waals surface area contributed by atoms with E-state index in [0.29, 0.717) is 49.6 Å². The molecule has 2 amide bonds. The number of rotatable bonds is 14. The molecule has 1 aliphatic heterocycles. The molecule has 4 rings (SSSR count). The minimum absolute atomic E-state index is 0.180. The van der Waals surface area contributed by atoms with Crippen LogP contribution in [0, 0.1) is 0 Å². The maximum atomic E-state index is 12.5. The maximum Gasteiger partial charge on any atom is 0.337 e. The summed E-state index contributed by atoms with van der Waals surface area (Å²) in [5.74, 6) is -0.337. The van der Waals surface area contributed by atoms with Crippen molar-refractivity contribution < 1.29 is 43.5 Å². The first-order valence-electron chi connectivity index (χ1n) is 14.2. The van der Waals surface area contributed by atoms with Crippen molar-refractivity contribution in [3.8, 4) is 17.2 Å². The highest BCUT2D eigenvalue weighted by Gasteiger charge is 2.32. The minimum atomic E-state index is -1.18. The van der Waals surface area contributed by atoms with Gasteiger partial charge in [0.25, 0.3) is 0 Å². The number of ether oxygens (including phenoxy) is 4. The fourth-order valence-electron chi connectivity index (χ4n) is 4.51. The van der Waals surface area contributed by atoms with Gasteiger partial charge in [0.1, 0.15) is 19.0 Å². The Morgan fingerprint density at radius 3 is 2.38 bits per heavy atom. The van der Waals surface area contributed by atoms with E-state index < -0.39 is 30.2 Å². The zero-order chi connectivity index (χ0) is 34.1. The van der Waals surface area contributed by atoms with Gasteiger partial charge in [0.15, 0.2) is 17.7 Å². The average Bonchev–Trinajstić information content (AvgIpc) is 3.03. The van der Waals surface area contributed by atoms with Crippen LogP contribution in [-0.2, 0) is 16.1 Å². The normalized spacial score (nSPS) is 15.0. The lowest BCUT2D eigenvalue weighted by molar-refractivity contribution is -0.136. The molecule has 5 N–H and O–H groups in total. The van der Waals surface area contributed by atoms with Crippen molar-refractivity contribution in [1.29, 1.82) is 0 Å². The Morgan fingerprint density at radius 2 is 1.74 bits per heavy atom. The molecule has 47 heavy (non-hydrogen) atoms. The summed E-state index contributed by atoms with van der Waals surface area (Å²) in [4.78, 5) is 35.7. The van der Waals surface area contributed by atoms with Crippen molar-refractivity contribution in [3.63, 3.8) is 0 Å². The highest BCUT2D eigenvalue weighted by molar-refractivity contribution is 9.11. The van der Waals surface area contributed by atoms with Gasteiger partial charge in [-0.3, -0.25) is 5.43 Å². The number of aliphatic hydroxyl groups excluding tert-OH is 1. The van der Waals surface area contributed by atoms with Gasteiger partial charge >= 0.3 is 18.0 Å². The van der Waals surface area contributed by atoms with Gasteiger partial charge in [-0.25, -0.2) is 14.4 Å². The number of carboxylic acids is 1. The van der Waals surface area contributed by atoms with Gasteiger partial charge in [0.05, 0.1) is 46.1 Å². The zero-order valence-electron chi connectivity index (χ0n) is 25.5. The molecule has 1 aliphatic rings. The number of esters is 1. The van der Waals surface area contributed by atoms with Gasteiger partial charge in [-0.15, -0.1) is 0 Å². The molecule has 1 heterocycles. The van der Waals surface area contributed by atoms with Gasteiger partial charge in [-0.1, -0.05) is 18.2 Å². The lowest BCUT2D eigenvalue weighted by atomic mass is 9.95. The topological polar surface area (TPSA) is 177 Å². The second kappa shape index (κ2) is 16.3. The van der Waals surface area contributed by atoms with Crippen LogP contribution in [0.5, 0.6) is 17.2 Å². The predicted molar refractivity (Wildman–Crippen MR) is 179 cm³/mol. The van der Waals surface area contributed by atoms with Gasteiger partial charge in [0.2, 0.25) is 0 Å². The van der Waals surface area contributed by atoms with Crippen molar-refractivity contribution in [2.45, 2.75) is 32.7 Å². The molecule has 0 fully saturated rings. The number of halogens is 2. The molecule has 0 spiro atoms. The molecule has 0 unspecified atom stereocenters. The van der Waals surface area contributed by atoms with Crippen molar-refractivity contribution >= 4 is 56.0 Å². The van der Waals surface area contributed by atoms with Crippen LogP contribution in [0.2, 0.25) is 0 Å². The van der Waals surface area contributed by atoms with Crippen LogP contribution in [-0.4, -0.2) is 60.9 Å². The number of hydrazone groups is 1. The van der Waals surface area contributed by atoms with E-state index in [1.54, 1.807) is 56.3 Å². The Morgan fingerprint density at radius 1 is 1.04 bits per heavy atom. The molecule has 3 aromatic carbocycles. The van der Waals surface area contributed by atoms with E-state index in [2.05, 4.69) is 53.0 Å². The summed E-state index contributed by atoms with van der Waals surface area (Å²) in [6.07, 6.45) is 0.331. The summed E-state index contributed by atoms with van der Waals surface area (Å²) in [7, 11) is 1.27. The number of carbonyl (C=O) groups is 3. The molecule has 15 heteroatoms. The van der Waals surface area contributed by atoms with E-state index in [1.807, 2.05) is 0 Å². The summed E-state index contributed by atoms with van der Waals surface area (Å²) >= 11 is 7.00. The smallest absolute Gasteiger partial charge is 0.337 e. The standard InChI is InChI=1S/C32H32Br2N4O9/c1-4-45-25-13-21(28-27(31(42)44-3)17(2)36-32(43)37-28)9-10-24(25)46-16-26(39)38-35-14-19-11-22(33)29(23(34)12-19)47-15-18-5-7-20(8-6-18)30(40)41/h5-14,26,28,38-39H,4,15-16H2,1-3H3,(H,40,41)(H2,36,37,43)/b35-14-/t26-,28+/m0/s1. The summed E-state index contributed by atoms with van der Waals surface area (Å²) in [5.41, 5.74) is 5.51. The SMILES string of the molecule is CCOc1cc([C@H]2NC(=O)NC(C)=C2C(=O)OC)ccc1OC[C@H](O)N/N=C\c1cc(Br)c(OCc2ccc(C(=O)O)cc2)c(Br)c1. The molecular formula is C32H32Br2N4O9. The third-order valence-corrected chi connectivity index (χ3v) is 7.89. The van der Waals surface area contributed by atoms with Crippen LogP contribution in [0.1, 0.15) is 46.9 Å². The molecular weight excluding hydrogens is 744 g/mol. The first-order valence-corrected chi connectivity index (χ1v) is 15.8. The number of benzene rings is 3. The van der Waals surface area contributed by atoms with E-state index in [-0.39, 0.29) is 24.4 Å². The van der Waals surface area contributed by atoms with E-state index >= 15 is 0 Å². The molecule has 0 saturated carbocycles. The van der Waals surface area contributed by atoms with Gasteiger partial charge < -0.3 is 39.8 Å². The van der Waals surface area contributed by atoms with E-state index in [4.69, 9.17) is 24.1 Å². The van der Waals surface area contributed by atoms with Crippen molar-refractivity contribution in [3.05, 3.63) is 97.1 Å². The third kappa shape index (κ3) is 9.24. The van der Waals surface area contributed by atoms with Gasteiger partial charge in [-0.05, 0) is 98.8 Å². The number of aromatic carboxylic acids is 1. The fraction of sp³-hybridized carbons (Fsp3) is 0.250. The van der Waals surface area contributed by atoms with Crippen LogP contribution < -0.4 is 30.3 Å². The molecule has 2 atom stereocenters. The fourth-order valence-corrected chi connectivity index (χ4v) is 5.96. The highest BCUT2D eigenvalue weighted by atomic mass is 79.9. The number of carboxylic acid groups (broad SMARTS) is 1. The van der Waals surface area contributed by atoms with Crippen LogP contribution in [0.25, 0.3) is 0 Å². The summed E-state index contributed by atoms with van der Waals surface area (Å²) in [6, 6.07) is 13.7. The molecule has 3 aromatic rings.